The standard InChI is InChI=1S/C14H11NO5S2/c16-11-6-10(15-22(17,18)14-2-1-3-21-14)8-4-12-13(5-9(8)11)20-7-19-12/h1-5,10,15H,6-7H2/t10-/m0/s1. The van der Waals surface area contributed by atoms with Gasteiger partial charge in [0.2, 0.25) is 6.79 Å². The van der Waals surface area contributed by atoms with Crippen LogP contribution in [0, 0.1) is 0 Å². The molecule has 0 unspecified atom stereocenters. The number of carbonyl (C=O) groups is 1. The molecule has 1 atom stereocenters. The van der Waals surface area contributed by atoms with E-state index in [0.29, 0.717) is 22.6 Å². The molecule has 22 heavy (non-hydrogen) atoms. The maximum atomic E-state index is 12.3. The number of benzene rings is 1. The third-order valence-electron chi connectivity index (χ3n) is 3.67. The van der Waals surface area contributed by atoms with Gasteiger partial charge < -0.3 is 9.47 Å². The molecule has 2 aliphatic rings. The Bertz CT molecular complexity index is 858. The van der Waals surface area contributed by atoms with Gasteiger partial charge in [-0.1, -0.05) is 6.07 Å². The first-order valence-corrected chi connectivity index (χ1v) is 8.93. The van der Waals surface area contributed by atoms with E-state index in [9.17, 15) is 13.2 Å². The first-order chi connectivity index (χ1) is 10.5. The number of rotatable bonds is 3. The molecule has 1 aromatic carbocycles. The monoisotopic (exact) mass is 337 g/mol. The molecule has 0 radical (unpaired) electrons. The molecule has 0 bridgehead atoms. The quantitative estimate of drug-likeness (QED) is 0.927. The molecule has 2 aromatic rings. The van der Waals surface area contributed by atoms with Gasteiger partial charge in [-0.25, -0.2) is 13.1 Å². The zero-order chi connectivity index (χ0) is 15.3. The number of ether oxygens (including phenoxy) is 2. The predicted octanol–water partition coefficient (Wildman–Crippen LogP) is 2.08. The lowest BCUT2D eigenvalue weighted by Crippen LogP contribution is -2.27. The predicted molar refractivity (Wildman–Crippen MR) is 78.9 cm³/mol. The Morgan fingerprint density at radius 3 is 2.73 bits per heavy atom. The average molecular weight is 337 g/mol. The second-order valence-corrected chi connectivity index (χ2v) is 7.91. The van der Waals surface area contributed by atoms with Crippen molar-refractivity contribution in [1.29, 1.82) is 0 Å². The zero-order valence-corrected chi connectivity index (χ0v) is 12.9. The molecule has 0 spiro atoms. The summed E-state index contributed by atoms with van der Waals surface area (Å²) in [5.74, 6) is 0.954. The lowest BCUT2D eigenvalue weighted by Gasteiger charge is -2.13. The van der Waals surface area contributed by atoms with E-state index in [0.717, 1.165) is 11.3 Å². The summed E-state index contributed by atoms with van der Waals surface area (Å²) in [6.45, 7) is 0.109. The first kappa shape index (κ1) is 13.7. The van der Waals surface area contributed by atoms with E-state index in [-0.39, 0.29) is 23.2 Å². The normalized spacial score (nSPS) is 19.5. The molecule has 2 heterocycles. The summed E-state index contributed by atoms with van der Waals surface area (Å²) >= 11 is 1.14. The lowest BCUT2D eigenvalue weighted by atomic mass is 10.1. The summed E-state index contributed by atoms with van der Waals surface area (Å²) < 4.78 is 38.1. The third-order valence-corrected chi connectivity index (χ3v) is 6.54. The van der Waals surface area contributed by atoms with Crippen LogP contribution < -0.4 is 14.2 Å². The van der Waals surface area contributed by atoms with Crippen molar-refractivity contribution in [2.24, 2.45) is 0 Å². The SMILES string of the molecule is O=C1C[C@H](NS(=O)(=O)c2cccs2)c2cc3c(cc21)OCO3. The minimum Gasteiger partial charge on any atom is -0.454 e. The maximum absolute atomic E-state index is 12.3. The van der Waals surface area contributed by atoms with Crippen molar-refractivity contribution in [3.63, 3.8) is 0 Å². The highest BCUT2D eigenvalue weighted by atomic mass is 32.2. The Labute approximate surface area is 130 Å². The number of hydrogen-bond donors (Lipinski definition) is 1. The molecule has 0 saturated carbocycles. The van der Waals surface area contributed by atoms with Gasteiger partial charge in [0, 0.05) is 12.0 Å². The van der Waals surface area contributed by atoms with Gasteiger partial charge in [0.15, 0.2) is 17.3 Å². The number of thiophene rings is 1. The highest BCUT2D eigenvalue weighted by Crippen LogP contribution is 2.42. The Morgan fingerprint density at radius 2 is 2.00 bits per heavy atom. The van der Waals surface area contributed by atoms with Gasteiger partial charge in [0.1, 0.15) is 4.21 Å². The Balaban J connectivity index is 1.71. The van der Waals surface area contributed by atoms with Gasteiger partial charge in [0.05, 0.1) is 6.04 Å². The van der Waals surface area contributed by atoms with Crippen LogP contribution in [-0.2, 0) is 10.0 Å². The van der Waals surface area contributed by atoms with Crippen molar-refractivity contribution in [3.05, 3.63) is 40.8 Å². The maximum Gasteiger partial charge on any atom is 0.250 e. The second kappa shape index (κ2) is 4.80. The number of fused-ring (bicyclic) bond motifs is 2. The van der Waals surface area contributed by atoms with Crippen molar-refractivity contribution in [1.82, 2.24) is 4.72 Å². The zero-order valence-electron chi connectivity index (χ0n) is 11.2. The molecule has 1 aliphatic carbocycles. The number of Topliss-reactive ketones (excluding diaryl/α,β-unsaturated/α-hetero) is 1. The summed E-state index contributed by atoms with van der Waals surface area (Å²) in [5, 5.41) is 1.69. The van der Waals surface area contributed by atoms with Crippen LogP contribution in [0.3, 0.4) is 0 Å². The molecule has 8 heteroatoms. The molecule has 4 rings (SSSR count). The molecule has 6 nitrogen and oxygen atoms in total. The van der Waals surface area contributed by atoms with Gasteiger partial charge in [0.25, 0.3) is 10.0 Å². The number of carbonyl (C=O) groups excluding carboxylic acids is 1. The van der Waals surface area contributed by atoms with Crippen LogP contribution in [0.1, 0.15) is 28.4 Å². The summed E-state index contributed by atoms with van der Waals surface area (Å²) in [6, 6.07) is 5.93. The summed E-state index contributed by atoms with van der Waals surface area (Å²) in [6.07, 6.45) is 0.100. The largest absolute Gasteiger partial charge is 0.454 e. The number of ketones is 1. The number of sulfonamides is 1. The molecule has 1 aromatic heterocycles. The van der Waals surface area contributed by atoms with Crippen LogP contribution in [0.15, 0.2) is 33.9 Å². The Morgan fingerprint density at radius 1 is 1.23 bits per heavy atom. The van der Waals surface area contributed by atoms with Crippen molar-refractivity contribution in [3.8, 4) is 11.5 Å². The molecular weight excluding hydrogens is 326 g/mol. The molecule has 114 valence electrons. The van der Waals surface area contributed by atoms with Gasteiger partial charge >= 0.3 is 0 Å². The fraction of sp³-hybridized carbons (Fsp3) is 0.214. The summed E-state index contributed by atoms with van der Waals surface area (Å²) in [4.78, 5) is 12.1. The van der Waals surface area contributed by atoms with E-state index in [1.807, 2.05) is 0 Å². The summed E-state index contributed by atoms with van der Waals surface area (Å²) in [5.41, 5.74) is 1.12. The van der Waals surface area contributed by atoms with Gasteiger partial charge in [-0.15, -0.1) is 11.3 Å². The second-order valence-electron chi connectivity index (χ2n) is 5.03. The van der Waals surface area contributed by atoms with E-state index in [4.69, 9.17) is 9.47 Å². The average Bonchev–Trinajstić information content (AvgIpc) is 3.19. The van der Waals surface area contributed by atoms with Crippen molar-refractivity contribution >= 4 is 27.1 Å². The van der Waals surface area contributed by atoms with Gasteiger partial charge in [-0.2, -0.15) is 0 Å². The van der Waals surface area contributed by atoms with Crippen LogP contribution in [0.25, 0.3) is 0 Å². The lowest BCUT2D eigenvalue weighted by molar-refractivity contribution is 0.0987. The van der Waals surface area contributed by atoms with Crippen molar-refractivity contribution in [2.75, 3.05) is 6.79 Å². The topological polar surface area (TPSA) is 81.7 Å². The molecular formula is C14H11NO5S2. The van der Waals surface area contributed by atoms with Crippen LogP contribution in [0.2, 0.25) is 0 Å². The summed E-state index contributed by atoms with van der Waals surface area (Å²) in [7, 11) is -3.64. The number of hydrogen-bond acceptors (Lipinski definition) is 6. The Kier molecular flexibility index (Phi) is 3.00. The van der Waals surface area contributed by atoms with Crippen LogP contribution in [0.5, 0.6) is 11.5 Å². The Hall–Kier alpha value is -1.90. The van der Waals surface area contributed by atoms with Crippen LogP contribution in [0.4, 0.5) is 0 Å². The molecule has 0 fully saturated rings. The van der Waals surface area contributed by atoms with E-state index in [2.05, 4.69) is 4.72 Å². The smallest absolute Gasteiger partial charge is 0.250 e. The minimum atomic E-state index is -3.64. The third kappa shape index (κ3) is 2.11. The van der Waals surface area contributed by atoms with Crippen LogP contribution in [-0.4, -0.2) is 21.0 Å². The molecule has 0 amide bonds. The molecule has 1 aliphatic heterocycles. The van der Waals surface area contributed by atoms with E-state index < -0.39 is 16.1 Å². The van der Waals surface area contributed by atoms with Crippen molar-refractivity contribution in [2.45, 2.75) is 16.7 Å². The fourth-order valence-electron chi connectivity index (χ4n) is 2.66. The first-order valence-electron chi connectivity index (χ1n) is 6.57. The van der Waals surface area contributed by atoms with E-state index in [1.165, 1.54) is 6.07 Å². The van der Waals surface area contributed by atoms with E-state index >= 15 is 0 Å². The molecule has 1 N–H and O–H groups in total. The number of nitrogens with one attached hydrogen (secondary N) is 1. The van der Waals surface area contributed by atoms with Gasteiger partial charge in [-0.05, 0) is 29.1 Å². The van der Waals surface area contributed by atoms with Gasteiger partial charge in [-0.3, -0.25) is 4.79 Å². The van der Waals surface area contributed by atoms with Crippen LogP contribution >= 0.6 is 11.3 Å². The minimum absolute atomic E-state index is 0.100. The van der Waals surface area contributed by atoms with E-state index in [1.54, 1.807) is 23.6 Å². The molecule has 0 saturated heterocycles. The van der Waals surface area contributed by atoms with Crippen molar-refractivity contribution < 1.29 is 22.7 Å². The fourth-order valence-corrected chi connectivity index (χ4v) is 4.88. The highest BCUT2D eigenvalue weighted by molar-refractivity contribution is 7.91. The highest BCUT2D eigenvalue weighted by Gasteiger charge is 2.35.